The first kappa shape index (κ1) is 46.7. The lowest BCUT2D eigenvalue weighted by Crippen LogP contribution is -2.49. The summed E-state index contributed by atoms with van der Waals surface area (Å²) < 4.78 is 52.2. The number of ether oxygens (including phenoxy) is 6. The second kappa shape index (κ2) is 20.4. The standard InChI is InChI=1S/C48H50Cl2FN7O8S/c1-27-38-28(2)42(50)43(41(27)49)65-35(21-58-15-13-56(3)14-16-58)25-62-34-9-10-36(63-22-32-11-12-52-48(55-32)64-24-33-23-61-18-17-57(33)4)30(19-34)20-37(47(59)60)66-45-40-39(38)44(67-46(40)54-26-53-45)29-5-7-31(51)8-6-29/h5-12,19,26,33,35,37H,13-18,20-25H2,1-4H3,(H,59,60)/t33-,35+,37+/m0/s1. The fraction of sp³-hybridized carbons (Fsp3) is 0.396. The van der Waals surface area contributed by atoms with Crippen molar-refractivity contribution in [3.8, 4) is 50.7 Å². The number of fused-ring (bicyclic) bond motifs is 7. The molecule has 3 aromatic heterocycles. The Bertz CT molecular complexity index is 2730. The maximum atomic E-state index is 14.4. The average Bonchev–Trinajstić information content (AvgIpc) is 3.71. The molecule has 0 spiro atoms. The van der Waals surface area contributed by atoms with Gasteiger partial charge in [0.1, 0.15) is 54.4 Å². The second-order valence-corrected chi connectivity index (χ2v) is 18.7. The van der Waals surface area contributed by atoms with Crippen LogP contribution >= 0.6 is 34.5 Å². The van der Waals surface area contributed by atoms with Gasteiger partial charge in [-0.1, -0.05) is 35.3 Å². The van der Waals surface area contributed by atoms with Crippen LogP contribution in [0.25, 0.3) is 31.8 Å². The summed E-state index contributed by atoms with van der Waals surface area (Å²) in [5.41, 5.74) is 4.29. The molecule has 0 aliphatic carbocycles. The van der Waals surface area contributed by atoms with Crippen LogP contribution in [0.2, 0.25) is 10.0 Å². The van der Waals surface area contributed by atoms with Gasteiger partial charge in [-0.15, -0.1) is 11.3 Å². The van der Waals surface area contributed by atoms with E-state index in [9.17, 15) is 14.3 Å². The Morgan fingerprint density at radius 2 is 1.70 bits per heavy atom. The molecule has 2 saturated heterocycles. The van der Waals surface area contributed by atoms with Crippen LogP contribution in [0.15, 0.2) is 61.1 Å². The molecule has 0 amide bonds. The average molecular weight is 975 g/mol. The molecule has 4 aliphatic rings. The van der Waals surface area contributed by atoms with Gasteiger partial charge >= 0.3 is 12.0 Å². The normalized spacial score (nSPS) is 19.6. The predicted octanol–water partition coefficient (Wildman–Crippen LogP) is 7.63. The summed E-state index contributed by atoms with van der Waals surface area (Å²) in [4.78, 5) is 39.4. The fourth-order valence-corrected chi connectivity index (χ4v) is 10.1. The molecule has 2 fully saturated rings. The molecule has 15 nitrogen and oxygen atoms in total. The Labute approximate surface area is 401 Å². The summed E-state index contributed by atoms with van der Waals surface area (Å²) in [7, 11) is 4.13. The minimum atomic E-state index is -1.47. The number of rotatable bonds is 10. The predicted molar refractivity (Wildman–Crippen MR) is 253 cm³/mol. The monoisotopic (exact) mass is 973 g/mol. The molecular weight excluding hydrogens is 925 g/mol. The first-order valence-electron chi connectivity index (χ1n) is 22.0. The van der Waals surface area contributed by atoms with Crippen LogP contribution in [0.3, 0.4) is 0 Å². The van der Waals surface area contributed by atoms with Gasteiger partial charge in [-0.05, 0) is 86.6 Å². The van der Waals surface area contributed by atoms with Crippen LogP contribution in [0.5, 0.6) is 29.1 Å². The van der Waals surface area contributed by atoms with Gasteiger partial charge < -0.3 is 38.4 Å². The van der Waals surface area contributed by atoms with Gasteiger partial charge in [-0.2, -0.15) is 4.98 Å². The highest BCUT2D eigenvalue weighted by molar-refractivity contribution is 7.22. The molecule has 0 radical (unpaired) electrons. The maximum absolute atomic E-state index is 14.4. The summed E-state index contributed by atoms with van der Waals surface area (Å²) in [6.45, 7) is 10.2. The molecule has 7 heterocycles. The highest BCUT2D eigenvalue weighted by Crippen LogP contribution is 2.53. The van der Waals surface area contributed by atoms with Crippen molar-refractivity contribution in [3.05, 3.63) is 99.3 Å². The number of carboxylic acid groups (broad SMARTS) is 1. The van der Waals surface area contributed by atoms with E-state index in [4.69, 9.17) is 51.6 Å². The van der Waals surface area contributed by atoms with E-state index in [1.54, 1.807) is 42.6 Å². The third-order valence-electron chi connectivity index (χ3n) is 12.4. The van der Waals surface area contributed by atoms with Crippen LogP contribution in [-0.4, -0.2) is 144 Å². The largest absolute Gasteiger partial charge is 0.490 e. The SMILES string of the molecule is Cc1c(Cl)c2c(Cl)c(C)c1-c1c(-c3ccc(F)cc3)sc3ncnc(c13)O[C@@H](C(=O)O)Cc1cc(ccc1OCc1ccnc(OC[C@@H]3COCCN3C)n1)OC[C@@H](CN1CCN(C)CC1)O2. The number of nitrogens with zero attached hydrogens (tertiary/aromatic N) is 7. The van der Waals surface area contributed by atoms with E-state index in [1.807, 2.05) is 20.9 Å². The van der Waals surface area contributed by atoms with Crippen molar-refractivity contribution in [1.82, 2.24) is 34.6 Å². The van der Waals surface area contributed by atoms with Crippen LogP contribution in [0.1, 0.15) is 22.4 Å². The van der Waals surface area contributed by atoms with Gasteiger partial charge in [0, 0.05) is 67.9 Å². The lowest BCUT2D eigenvalue weighted by molar-refractivity contribution is -0.145. The summed E-state index contributed by atoms with van der Waals surface area (Å²) in [5, 5.41) is 11.9. The van der Waals surface area contributed by atoms with Crippen molar-refractivity contribution in [2.75, 3.05) is 79.8 Å². The molecule has 67 heavy (non-hydrogen) atoms. The number of carboxylic acids is 1. The number of morpholine rings is 1. The Morgan fingerprint density at radius 1 is 0.925 bits per heavy atom. The van der Waals surface area contributed by atoms with Gasteiger partial charge in [-0.3, -0.25) is 9.80 Å². The summed E-state index contributed by atoms with van der Waals surface area (Å²) >= 11 is 16.0. The van der Waals surface area contributed by atoms with Crippen LogP contribution in [0, 0.1) is 19.7 Å². The molecular formula is C48H50Cl2FN7O8S. The smallest absolute Gasteiger partial charge is 0.345 e. The van der Waals surface area contributed by atoms with E-state index in [2.05, 4.69) is 41.7 Å². The number of aliphatic carboxylic acids is 1. The first-order valence-corrected chi connectivity index (χ1v) is 23.6. The van der Waals surface area contributed by atoms with Gasteiger partial charge in [-0.25, -0.2) is 24.1 Å². The summed E-state index contributed by atoms with van der Waals surface area (Å²) in [5.74, 6) is -0.470. The lowest BCUT2D eigenvalue weighted by atomic mass is 9.92. The van der Waals surface area contributed by atoms with E-state index in [0.29, 0.717) is 108 Å². The third-order valence-corrected chi connectivity index (χ3v) is 14.4. The third kappa shape index (κ3) is 10.4. The Balaban J connectivity index is 1.12. The topological polar surface area (TPSA) is 154 Å². The highest BCUT2D eigenvalue weighted by atomic mass is 35.5. The van der Waals surface area contributed by atoms with E-state index in [0.717, 1.165) is 32.7 Å². The van der Waals surface area contributed by atoms with Crippen LogP contribution in [0.4, 0.5) is 4.39 Å². The van der Waals surface area contributed by atoms with Crippen molar-refractivity contribution in [1.29, 1.82) is 0 Å². The molecule has 6 aromatic rings. The van der Waals surface area contributed by atoms with Gasteiger partial charge in [0.15, 0.2) is 5.75 Å². The minimum Gasteiger partial charge on any atom is -0.490 e. The number of halogens is 3. The van der Waals surface area contributed by atoms with E-state index in [1.165, 1.54) is 29.8 Å². The van der Waals surface area contributed by atoms with Crippen LogP contribution in [-0.2, 0) is 22.6 Å². The Morgan fingerprint density at radius 3 is 2.45 bits per heavy atom. The molecule has 0 unspecified atom stereocenters. The Hall–Kier alpha value is -5.40. The van der Waals surface area contributed by atoms with E-state index < -0.39 is 24.0 Å². The zero-order valence-electron chi connectivity index (χ0n) is 37.5. The molecule has 0 saturated carbocycles. The molecule has 4 bridgehead atoms. The molecule has 10 rings (SSSR count). The number of piperazine rings is 1. The second-order valence-electron chi connectivity index (χ2n) is 17.0. The number of hydrogen-bond donors (Lipinski definition) is 1. The van der Waals surface area contributed by atoms with E-state index in [-0.39, 0.29) is 37.6 Å². The summed E-state index contributed by atoms with van der Waals surface area (Å²) in [6.07, 6.45) is 0.767. The van der Waals surface area contributed by atoms with Gasteiger partial charge in [0.05, 0.1) is 40.4 Å². The summed E-state index contributed by atoms with van der Waals surface area (Å²) in [6, 6.07) is 13.4. The van der Waals surface area contributed by atoms with Crippen molar-refractivity contribution in [3.63, 3.8) is 0 Å². The number of benzene rings is 3. The van der Waals surface area contributed by atoms with Crippen molar-refractivity contribution < 1.29 is 42.7 Å². The number of carbonyl (C=O) groups is 1. The zero-order chi connectivity index (χ0) is 46.8. The minimum absolute atomic E-state index is 0.0203. The van der Waals surface area contributed by atoms with Crippen LogP contribution < -0.4 is 23.7 Å². The zero-order valence-corrected chi connectivity index (χ0v) is 39.8. The van der Waals surface area contributed by atoms with E-state index >= 15 is 0 Å². The Kier molecular flexibility index (Phi) is 14.3. The lowest BCUT2D eigenvalue weighted by Gasteiger charge is -2.35. The maximum Gasteiger partial charge on any atom is 0.345 e. The number of hydrogen-bond acceptors (Lipinski definition) is 15. The van der Waals surface area contributed by atoms with Crippen molar-refractivity contribution in [2.24, 2.45) is 0 Å². The fourth-order valence-electron chi connectivity index (χ4n) is 8.47. The quantitative estimate of drug-likeness (QED) is 0.143. The first-order chi connectivity index (χ1) is 32.4. The molecule has 4 aliphatic heterocycles. The van der Waals surface area contributed by atoms with Crippen molar-refractivity contribution in [2.45, 2.75) is 45.1 Å². The molecule has 352 valence electrons. The molecule has 19 heteroatoms. The van der Waals surface area contributed by atoms with Gasteiger partial charge in [0.25, 0.3) is 0 Å². The van der Waals surface area contributed by atoms with Crippen molar-refractivity contribution >= 4 is 50.7 Å². The van der Waals surface area contributed by atoms with Gasteiger partial charge in [0.2, 0.25) is 12.0 Å². The highest BCUT2D eigenvalue weighted by Gasteiger charge is 2.32. The number of aromatic nitrogens is 4. The number of thiophene rings is 1. The molecule has 3 atom stereocenters. The number of likely N-dealkylation sites (N-methyl/N-ethyl adjacent to an activating group) is 2. The molecule has 3 aromatic carbocycles. The molecule has 1 N–H and O–H groups in total.